The van der Waals surface area contributed by atoms with Crippen LogP contribution >= 0.6 is 0 Å². The smallest absolute Gasteiger partial charge is 0.156 e. The number of pyridine rings is 1. The topological polar surface area (TPSA) is 63.3 Å². The van der Waals surface area contributed by atoms with Crippen LogP contribution in [0.4, 0.5) is 5.69 Å². The number of anilines is 1. The first kappa shape index (κ1) is 20.7. The molecule has 1 atom stereocenters. The van der Waals surface area contributed by atoms with E-state index in [-0.39, 0.29) is 0 Å². The Morgan fingerprint density at radius 2 is 1.94 bits per heavy atom. The van der Waals surface area contributed by atoms with Crippen LogP contribution in [0, 0.1) is 0 Å². The summed E-state index contributed by atoms with van der Waals surface area (Å²) in [5.41, 5.74) is 4.48. The summed E-state index contributed by atoms with van der Waals surface area (Å²) in [5, 5.41) is 12.8. The Kier molecular flexibility index (Phi) is 5.90. The zero-order valence-corrected chi connectivity index (χ0v) is 18.9. The monoisotopic (exact) mass is 429 g/mol. The molecule has 32 heavy (non-hydrogen) atoms. The quantitative estimate of drug-likeness (QED) is 0.469. The van der Waals surface area contributed by atoms with E-state index in [2.05, 4.69) is 65.7 Å². The summed E-state index contributed by atoms with van der Waals surface area (Å²) in [5.74, 6) is 1.32. The van der Waals surface area contributed by atoms with Crippen molar-refractivity contribution >= 4 is 11.3 Å². The van der Waals surface area contributed by atoms with Crippen LogP contribution in [0.15, 0.2) is 61.1 Å². The zero-order valence-electron chi connectivity index (χ0n) is 18.9. The third kappa shape index (κ3) is 4.67. The minimum absolute atomic E-state index is 0.365. The molecular weight excluding hydrogens is 398 g/mol. The number of nitrogens with zero attached hydrogens (tertiary/aromatic N) is 6. The van der Waals surface area contributed by atoms with Crippen LogP contribution < -0.4 is 5.32 Å². The van der Waals surface area contributed by atoms with E-state index in [0.29, 0.717) is 12.0 Å². The van der Waals surface area contributed by atoms with Crippen molar-refractivity contribution in [3.05, 3.63) is 78.0 Å². The molecule has 1 unspecified atom stereocenters. The predicted octanol–water partition coefficient (Wildman–Crippen LogP) is 4.50. The highest BCUT2D eigenvalue weighted by molar-refractivity contribution is 5.49. The number of piperidine rings is 1. The average molecular weight is 430 g/mol. The molecule has 1 aliphatic rings. The van der Waals surface area contributed by atoms with Gasteiger partial charge in [-0.05, 0) is 50.9 Å². The van der Waals surface area contributed by atoms with Crippen molar-refractivity contribution in [2.45, 2.75) is 51.7 Å². The lowest BCUT2D eigenvalue weighted by molar-refractivity contribution is 0.196. The molecule has 166 valence electrons. The molecule has 4 heterocycles. The number of benzene rings is 1. The van der Waals surface area contributed by atoms with Gasteiger partial charge in [0.15, 0.2) is 11.5 Å². The molecular formula is C25H31N7. The second kappa shape index (κ2) is 9.12. The van der Waals surface area contributed by atoms with E-state index in [1.54, 1.807) is 0 Å². The Balaban J connectivity index is 1.25. The lowest BCUT2D eigenvalue weighted by Crippen LogP contribution is -2.34. The number of hydrogen-bond acceptors (Lipinski definition) is 5. The van der Waals surface area contributed by atoms with E-state index in [1.165, 1.54) is 17.5 Å². The SMILES string of the molecule is CC(C)n1cc(CN2CCCC(c3nc4ccc(NCc5ccccc5)cn4n3)C2)cn1. The Hall–Kier alpha value is -3.19. The van der Waals surface area contributed by atoms with Crippen LogP contribution in [-0.2, 0) is 13.1 Å². The van der Waals surface area contributed by atoms with Gasteiger partial charge in [0, 0.05) is 43.4 Å². The third-order valence-electron chi connectivity index (χ3n) is 6.15. The Labute approximate surface area is 189 Å². The summed E-state index contributed by atoms with van der Waals surface area (Å²) in [6.45, 7) is 8.15. The van der Waals surface area contributed by atoms with E-state index < -0.39 is 0 Å². The largest absolute Gasteiger partial charge is 0.380 e. The van der Waals surface area contributed by atoms with E-state index in [0.717, 1.165) is 49.8 Å². The van der Waals surface area contributed by atoms with E-state index >= 15 is 0 Å². The summed E-state index contributed by atoms with van der Waals surface area (Å²) in [6.07, 6.45) is 8.51. The van der Waals surface area contributed by atoms with Gasteiger partial charge < -0.3 is 5.32 Å². The van der Waals surface area contributed by atoms with Crippen molar-refractivity contribution < 1.29 is 0 Å². The van der Waals surface area contributed by atoms with Gasteiger partial charge >= 0.3 is 0 Å². The molecule has 0 bridgehead atoms. The lowest BCUT2D eigenvalue weighted by Gasteiger charge is -2.30. The highest BCUT2D eigenvalue weighted by Crippen LogP contribution is 2.26. The first-order valence-electron chi connectivity index (χ1n) is 11.5. The molecule has 1 aliphatic heterocycles. The van der Waals surface area contributed by atoms with Gasteiger partial charge in [0.25, 0.3) is 0 Å². The van der Waals surface area contributed by atoms with Gasteiger partial charge in [-0.2, -0.15) is 10.2 Å². The van der Waals surface area contributed by atoms with Crippen LogP contribution in [0.1, 0.15) is 55.6 Å². The molecule has 1 fully saturated rings. The fraction of sp³-hybridized carbons (Fsp3) is 0.400. The molecule has 4 aromatic rings. The van der Waals surface area contributed by atoms with Crippen molar-refractivity contribution in [3.63, 3.8) is 0 Å². The molecule has 0 radical (unpaired) electrons. The van der Waals surface area contributed by atoms with E-state index in [9.17, 15) is 0 Å². The highest BCUT2D eigenvalue weighted by atomic mass is 15.3. The van der Waals surface area contributed by atoms with Crippen LogP contribution in [0.5, 0.6) is 0 Å². The molecule has 7 heteroatoms. The lowest BCUT2D eigenvalue weighted by atomic mass is 9.97. The highest BCUT2D eigenvalue weighted by Gasteiger charge is 2.25. The third-order valence-corrected chi connectivity index (χ3v) is 6.15. The molecule has 1 saturated heterocycles. The van der Waals surface area contributed by atoms with Gasteiger partial charge in [-0.1, -0.05) is 30.3 Å². The number of likely N-dealkylation sites (tertiary alicyclic amines) is 1. The number of aromatic nitrogens is 5. The zero-order chi connectivity index (χ0) is 21.9. The molecule has 7 nitrogen and oxygen atoms in total. The summed E-state index contributed by atoms with van der Waals surface area (Å²) in [4.78, 5) is 7.35. The van der Waals surface area contributed by atoms with Gasteiger partial charge in [-0.25, -0.2) is 9.50 Å². The second-order valence-electron chi connectivity index (χ2n) is 9.03. The molecule has 1 N–H and O–H groups in total. The standard InChI is InChI=1S/C25H31N7/c1-19(2)31-16-21(14-27-31)15-30-12-6-9-22(17-30)25-28-24-11-10-23(18-32(24)29-25)26-13-20-7-4-3-5-8-20/h3-5,7-8,10-11,14,16,18-19,22,26H,6,9,12-13,15,17H2,1-2H3. The Morgan fingerprint density at radius 1 is 1.06 bits per heavy atom. The molecule has 0 aliphatic carbocycles. The first-order chi connectivity index (χ1) is 15.6. The fourth-order valence-electron chi connectivity index (χ4n) is 4.39. The van der Waals surface area contributed by atoms with Gasteiger partial charge in [-0.3, -0.25) is 9.58 Å². The van der Waals surface area contributed by atoms with Gasteiger partial charge in [0.1, 0.15) is 0 Å². The van der Waals surface area contributed by atoms with Crippen molar-refractivity contribution in [2.24, 2.45) is 0 Å². The van der Waals surface area contributed by atoms with Crippen LogP contribution in [0.25, 0.3) is 5.65 Å². The first-order valence-corrected chi connectivity index (χ1v) is 11.5. The Morgan fingerprint density at radius 3 is 2.75 bits per heavy atom. The number of rotatable bonds is 7. The normalized spacial score (nSPS) is 17.3. The van der Waals surface area contributed by atoms with Crippen molar-refractivity contribution in [1.82, 2.24) is 29.3 Å². The molecule has 0 amide bonds. The number of hydrogen-bond donors (Lipinski definition) is 1. The van der Waals surface area contributed by atoms with Crippen molar-refractivity contribution in [2.75, 3.05) is 18.4 Å². The number of nitrogens with one attached hydrogen (secondary N) is 1. The maximum absolute atomic E-state index is 4.85. The molecule has 5 rings (SSSR count). The van der Waals surface area contributed by atoms with Crippen LogP contribution in [0.2, 0.25) is 0 Å². The van der Waals surface area contributed by atoms with Crippen molar-refractivity contribution in [3.8, 4) is 0 Å². The van der Waals surface area contributed by atoms with Gasteiger partial charge in [0.05, 0.1) is 18.1 Å². The summed E-state index contributed by atoms with van der Waals surface area (Å²) < 4.78 is 3.94. The predicted molar refractivity (Wildman–Crippen MR) is 127 cm³/mol. The maximum Gasteiger partial charge on any atom is 0.156 e. The number of fused-ring (bicyclic) bond motifs is 1. The molecule has 0 saturated carbocycles. The minimum atomic E-state index is 0.365. The van der Waals surface area contributed by atoms with Gasteiger partial charge in [0.2, 0.25) is 0 Å². The summed E-state index contributed by atoms with van der Waals surface area (Å²) >= 11 is 0. The fourth-order valence-corrected chi connectivity index (χ4v) is 4.39. The summed E-state index contributed by atoms with van der Waals surface area (Å²) in [6, 6.07) is 14.9. The van der Waals surface area contributed by atoms with Crippen LogP contribution in [-0.4, -0.2) is 42.4 Å². The molecule has 0 spiro atoms. The Bertz CT molecular complexity index is 1160. The van der Waals surface area contributed by atoms with Crippen molar-refractivity contribution in [1.29, 1.82) is 0 Å². The molecule has 3 aromatic heterocycles. The minimum Gasteiger partial charge on any atom is -0.380 e. The van der Waals surface area contributed by atoms with E-state index in [1.807, 2.05) is 33.7 Å². The van der Waals surface area contributed by atoms with Gasteiger partial charge in [-0.15, -0.1) is 0 Å². The maximum atomic E-state index is 4.85. The average Bonchev–Trinajstić information content (AvgIpc) is 3.45. The van der Waals surface area contributed by atoms with E-state index in [4.69, 9.17) is 10.1 Å². The van der Waals surface area contributed by atoms with Crippen LogP contribution in [0.3, 0.4) is 0 Å². The summed E-state index contributed by atoms with van der Waals surface area (Å²) in [7, 11) is 0. The second-order valence-corrected chi connectivity index (χ2v) is 9.03. The molecule has 1 aromatic carbocycles.